The van der Waals surface area contributed by atoms with Gasteiger partial charge in [0.15, 0.2) is 0 Å². The first-order valence-electron chi connectivity index (χ1n) is 4.67. The van der Waals surface area contributed by atoms with Crippen LogP contribution >= 0.6 is 11.6 Å². The van der Waals surface area contributed by atoms with Crippen LogP contribution in [0.15, 0.2) is 24.5 Å². The van der Waals surface area contributed by atoms with Gasteiger partial charge in [0.1, 0.15) is 28.9 Å². The highest BCUT2D eigenvalue weighted by molar-refractivity contribution is 6.30. The first kappa shape index (κ1) is 11.7. The average Bonchev–Trinajstić information content (AvgIpc) is 2.23. The van der Waals surface area contributed by atoms with Crippen LogP contribution < -0.4 is 4.74 Å². The summed E-state index contributed by atoms with van der Waals surface area (Å²) in [6.07, 6.45) is 1.21. The van der Waals surface area contributed by atoms with Gasteiger partial charge < -0.3 is 4.74 Å². The van der Waals surface area contributed by atoms with Crippen molar-refractivity contribution < 1.29 is 13.5 Å². The minimum absolute atomic E-state index is 0.0142. The Morgan fingerprint density at radius 2 is 1.76 bits per heavy atom. The maximum absolute atomic E-state index is 12.9. The Bertz CT molecular complexity index is 543. The van der Waals surface area contributed by atoms with Gasteiger partial charge in [-0.15, -0.1) is 0 Å². The molecular formula is C11H7ClF2N2O. The summed E-state index contributed by atoms with van der Waals surface area (Å²) in [5, 5.41) is 0.229. The van der Waals surface area contributed by atoms with Crippen molar-refractivity contribution in [3.05, 3.63) is 46.9 Å². The highest BCUT2D eigenvalue weighted by Crippen LogP contribution is 2.26. The minimum Gasteiger partial charge on any atom is -0.438 e. The maximum atomic E-state index is 12.9. The third-order valence-electron chi connectivity index (χ3n) is 2.03. The molecule has 0 aliphatic heterocycles. The number of aromatic nitrogens is 2. The molecule has 2 aromatic rings. The second-order valence-electron chi connectivity index (χ2n) is 3.30. The monoisotopic (exact) mass is 256 g/mol. The fourth-order valence-corrected chi connectivity index (χ4v) is 1.34. The molecule has 0 amide bonds. The summed E-state index contributed by atoms with van der Waals surface area (Å²) in [4.78, 5) is 7.57. The Morgan fingerprint density at radius 1 is 1.12 bits per heavy atom. The van der Waals surface area contributed by atoms with Crippen LogP contribution in [0.25, 0.3) is 0 Å². The van der Waals surface area contributed by atoms with E-state index in [1.807, 2.05) is 0 Å². The third kappa shape index (κ3) is 2.68. The summed E-state index contributed by atoms with van der Waals surface area (Å²) in [5.41, 5.74) is 0.499. The van der Waals surface area contributed by atoms with Crippen molar-refractivity contribution in [2.24, 2.45) is 0 Å². The Labute approximate surface area is 101 Å². The molecule has 88 valence electrons. The van der Waals surface area contributed by atoms with Crippen molar-refractivity contribution in [3.63, 3.8) is 0 Å². The normalized spacial score (nSPS) is 10.4. The Balaban J connectivity index is 2.34. The lowest BCUT2D eigenvalue weighted by molar-refractivity contribution is 0.446. The van der Waals surface area contributed by atoms with Gasteiger partial charge >= 0.3 is 0 Å². The van der Waals surface area contributed by atoms with Gasteiger partial charge in [0, 0.05) is 23.8 Å². The van der Waals surface area contributed by atoms with Crippen molar-refractivity contribution in [1.29, 1.82) is 0 Å². The van der Waals surface area contributed by atoms with E-state index in [9.17, 15) is 8.78 Å². The minimum atomic E-state index is -0.724. The van der Waals surface area contributed by atoms with Gasteiger partial charge in [-0.2, -0.15) is 0 Å². The Morgan fingerprint density at radius 3 is 2.41 bits per heavy atom. The lowest BCUT2D eigenvalue weighted by Crippen LogP contribution is -1.94. The number of ether oxygens (including phenoxy) is 1. The molecule has 0 atom stereocenters. The molecule has 0 fully saturated rings. The number of halogens is 3. The molecule has 0 aliphatic carbocycles. The number of nitrogens with zero attached hydrogens (tertiary/aromatic N) is 2. The van der Waals surface area contributed by atoms with Crippen LogP contribution in [0.5, 0.6) is 11.6 Å². The van der Waals surface area contributed by atoms with E-state index in [1.165, 1.54) is 6.33 Å². The predicted molar refractivity (Wildman–Crippen MR) is 58.2 cm³/mol. The third-order valence-corrected chi connectivity index (χ3v) is 2.41. The largest absolute Gasteiger partial charge is 0.438 e. The number of hydrogen-bond acceptors (Lipinski definition) is 3. The second-order valence-corrected chi connectivity index (χ2v) is 3.66. The summed E-state index contributed by atoms with van der Waals surface area (Å²) < 4.78 is 31.1. The van der Waals surface area contributed by atoms with Crippen LogP contribution in [0.1, 0.15) is 5.56 Å². The van der Waals surface area contributed by atoms with E-state index in [-0.39, 0.29) is 16.8 Å². The molecule has 0 bridgehead atoms. The molecule has 6 heteroatoms. The van der Waals surface area contributed by atoms with E-state index >= 15 is 0 Å². The van der Waals surface area contributed by atoms with Crippen molar-refractivity contribution in [3.8, 4) is 11.6 Å². The topological polar surface area (TPSA) is 35.0 Å². The Hall–Kier alpha value is -1.75. The summed E-state index contributed by atoms with van der Waals surface area (Å²) >= 11 is 5.76. The van der Waals surface area contributed by atoms with Crippen molar-refractivity contribution in [2.45, 2.75) is 6.92 Å². The van der Waals surface area contributed by atoms with Gasteiger partial charge in [-0.05, 0) is 6.92 Å². The van der Waals surface area contributed by atoms with Crippen LogP contribution in [0.2, 0.25) is 5.15 Å². The van der Waals surface area contributed by atoms with Crippen LogP contribution in [0, 0.1) is 18.6 Å². The zero-order valence-corrected chi connectivity index (χ0v) is 9.50. The molecule has 0 aliphatic rings. The molecule has 17 heavy (non-hydrogen) atoms. The van der Waals surface area contributed by atoms with E-state index in [4.69, 9.17) is 16.3 Å². The SMILES string of the molecule is Cc1c(Cl)ncnc1Oc1cc(F)cc(F)c1. The fraction of sp³-hybridized carbons (Fsp3) is 0.0909. The smallest absolute Gasteiger partial charge is 0.226 e. The molecule has 0 radical (unpaired) electrons. The number of hydrogen-bond donors (Lipinski definition) is 0. The van der Waals surface area contributed by atoms with Crippen LogP contribution in [0.3, 0.4) is 0 Å². The van der Waals surface area contributed by atoms with Gasteiger partial charge in [-0.1, -0.05) is 11.6 Å². The molecule has 0 spiro atoms. The van der Waals surface area contributed by atoms with E-state index in [2.05, 4.69) is 9.97 Å². The van der Waals surface area contributed by atoms with E-state index < -0.39 is 11.6 Å². The van der Waals surface area contributed by atoms with Gasteiger partial charge in [0.2, 0.25) is 5.88 Å². The van der Waals surface area contributed by atoms with E-state index in [0.717, 1.165) is 18.2 Å². The van der Waals surface area contributed by atoms with Crippen molar-refractivity contribution in [2.75, 3.05) is 0 Å². The quantitative estimate of drug-likeness (QED) is 0.771. The Kier molecular flexibility index (Phi) is 3.19. The fourth-order valence-electron chi connectivity index (χ4n) is 1.22. The molecule has 3 nitrogen and oxygen atoms in total. The molecule has 1 aromatic heterocycles. The lowest BCUT2D eigenvalue weighted by atomic mass is 10.3. The van der Waals surface area contributed by atoms with Crippen molar-refractivity contribution >= 4 is 11.6 Å². The molecule has 0 saturated carbocycles. The van der Waals surface area contributed by atoms with E-state index in [1.54, 1.807) is 6.92 Å². The van der Waals surface area contributed by atoms with Gasteiger partial charge in [0.25, 0.3) is 0 Å². The van der Waals surface area contributed by atoms with Gasteiger partial charge in [-0.25, -0.2) is 18.7 Å². The molecule has 1 aromatic carbocycles. The highest BCUT2D eigenvalue weighted by atomic mass is 35.5. The first-order chi connectivity index (χ1) is 8.06. The molecule has 0 unspecified atom stereocenters. The molecule has 2 rings (SSSR count). The van der Waals surface area contributed by atoms with E-state index in [0.29, 0.717) is 5.56 Å². The second kappa shape index (κ2) is 4.63. The average molecular weight is 257 g/mol. The summed E-state index contributed by atoms with van der Waals surface area (Å²) in [7, 11) is 0. The van der Waals surface area contributed by atoms with Crippen LogP contribution in [-0.2, 0) is 0 Å². The van der Waals surface area contributed by atoms with Gasteiger partial charge in [-0.3, -0.25) is 0 Å². The van der Waals surface area contributed by atoms with Gasteiger partial charge in [0.05, 0.1) is 0 Å². The number of rotatable bonds is 2. The predicted octanol–water partition coefficient (Wildman–Crippen LogP) is 3.51. The summed E-state index contributed by atoms with van der Waals surface area (Å²) in [6.45, 7) is 1.65. The number of benzene rings is 1. The summed E-state index contributed by atoms with van der Waals surface area (Å²) in [5.74, 6) is -1.27. The zero-order valence-electron chi connectivity index (χ0n) is 8.75. The lowest BCUT2D eigenvalue weighted by Gasteiger charge is -2.07. The van der Waals surface area contributed by atoms with Crippen LogP contribution in [0.4, 0.5) is 8.78 Å². The standard InChI is InChI=1S/C11H7ClF2N2O/c1-6-10(12)15-5-16-11(6)17-9-3-7(13)2-8(14)4-9/h2-5H,1H3. The summed E-state index contributed by atoms with van der Waals surface area (Å²) in [6, 6.07) is 2.86. The molecular weight excluding hydrogens is 250 g/mol. The van der Waals surface area contributed by atoms with Crippen molar-refractivity contribution in [1.82, 2.24) is 9.97 Å². The zero-order chi connectivity index (χ0) is 12.4. The molecule has 0 saturated heterocycles. The maximum Gasteiger partial charge on any atom is 0.226 e. The molecule has 0 N–H and O–H groups in total. The highest BCUT2D eigenvalue weighted by Gasteiger charge is 2.09. The first-order valence-corrected chi connectivity index (χ1v) is 5.05. The van der Waals surface area contributed by atoms with Crippen LogP contribution in [-0.4, -0.2) is 9.97 Å². The molecule has 1 heterocycles.